The normalized spacial score (nSPS) is 25.5. The van der Waals surface area contributed by atoms with E-state index in [2.05, 4.69) is 40.3 Å². The molecule has 0 amide bonds. The van der Waals surface area contributed by atoms with Crippen LogP contribution in [0.15, 0.2) is 10.7 Å². The number of hydrogen-bond donors (Lipinski definition) is 2. The molecule has 4 nitrogen and oxygen atoms in total. The summed E-state index contributed by atoms with van der Waals surface area (Å²) in [4.78, 5) is 0. The highest BCUT2D eigenvalue weighted by atomic mass is 79.9. The van der Waals surface area contributed by atoms with Crippen LogP contribution < -0.4 is 11.3 Å². The van der Waals surface area contributed by atoms with Gasteiger partial charge in [0.2, 0.25) is 0 Å². The Morgan fingerprint density at radius 2 is 2.11 bits per heavy atom. The number of halogens is 1. The summed E-state index contributed by atoms with van der Waals surface area (Å²) in [5.74, 6) is 7.37. The van der Waals surface area contributed by atoms with Crippen molar-refractivity contribution in [3.05, 3.63) is 16.4 Å². The number of aromatic nitrogens is 2. The van der Waals surface area contributed by atoms with Crippen LogP contribution in [0.4, 0.5) is 0 Å². The Hall–Kier alpha value is -0.390. The molecule has 1 heterocycles. The molecule has 3 N–H and O–H groups in total. The smallest absolute Gasteiger partial charge is 0.0711 e. The molecule has 0 radical (unpaired) electrons. The van der Waals surface area contributed by atoms with E-state index in [1.165, 1.54) is 37.8 Å². The SMILES string of the molecule is CCC1CCC(C(NN)c2c(Br)cnn2CC)CC1. The molecule has 2 rings (SSSR count). The Kier molecular flexibility index (Phi) is 5.42. The first-order chi connectivity index (χ1) is 9.21. The van der Waals surface area contributed by atoms with Gasteiger partial charge in [-0.15, -0.1) is 0 Å². The zero-order valence-corrected chi connectivity index (χ0v) is 13.5. The third kappa shape index (κ3) is 3.20. The first-order valence-electron chi connectivity index (χ1n) is 7.38. The predicted molar refractivity (Wildman–Crippen MR) is 81.4 cm³/mol. The van der Waals surface area contributed by atoms with Crippen molar-refractivity contribution in [3.63, 3.8) is 0 Å². The van der Waals surface area contributed by atoms with Crippen molar-refractivity contribution in [2.24, 2.45) is 17.7 Å². The number of rotatable bonds is 5. The topological polar surface area (TPSA) is 55.9 Å². The van der Waals surface area contributed by atoms with E-state index in [1.807, 2.05) is 10.9 Å². The number of hydrogen-bond acceptors (Lipinski definition) is 3. The molecule has 0 spiro atoms. The maximum atomic E-state index is 5.84. The molecule has 1 atom stereocenters. The van der Waals surface area contributed by atoms with Crippen LogP contribution in [0.5, 0.6) is 0 Å². The van der Waals surface area contributed by atoms with Crippen LogP contribution in [0, 0.1) is 11.8 Å². The Bertz CT molecular complexity index is 396. The van der Waals surface area contributed by atoms with Crippen molar-refractivity contribution in [3.8, 4) is 0 Å². The van der Waals surface area contributed by atoms with Gasteiger partial charge in [0, 0.05) is 6.54 Å². The van der Waals surface area contributed by atoms with Crippen LogP contribution in [0.3, 0.4) is 0 Å². The van der Waals surface area contributed by atoms with Gasteiger partial charge in [-0.05, 0) is 47.5 Å². The van der Waals surface area contributed by atoms with Crippen LogP contribution >= 0.6 is 15.9 Å². The van der Waals surface area contributed by atoms with Gasteiger partial charge in [-0.2, -0.15) is 5.10 Å². The summed E-state index contributed by atoms with van der Waals surface area (Å²) in [7, 11) is 0. The van der Waals surface area contributed by atoms with Gasteiger partial charge in [0.1, 0.15) is 0 Å². The summed E-state index contributed by atoms with van der Waals surface area (Å²) in [6.45, 7) is 5.29. The van der Waals surface area contributed by atoms with E-state index in [0.29, 0.717) is 5.92 Å². The molecule has 1 aromatic rings. The maximum absolute atomic E-state index is 5.84. The van der Waals surface area contributed by atoms with E-state index in [0.717, 1.165) is 16.9 Å². The van der Waals surface area contributed by atoms with Gasteiger partial charge in [0.05, 0.1) is 22.4 Å². The van der Waals surface area contributed by atoms with E-state index in [-0.39, 0.29) is 6.04 Å². The molecule has 0 aliphatic heterocycles. The molecule has 1 aliphatic rings. The summed E-state index contributed by atoms with van der Waals surface area (Å²) in [5.41, 5.74) is 4.23. The average Bonchev–Trinajstić information content (AvgIpc) is 2.82. The lowest BCUT2D eigenvalue weighted by Crippen LogP contribution is -2.37. The Labute approximate surface area is 124 Å². The molecule has 0 aromatic carbocycles. The zero-order valence-electron chi connectivity index (χ0n) is 11.9. The fraction of sp³-hybridized carbons (Fsp3) is 0.786. The molecule has 5 heteroatoms. The largest absolute Gasteiger partial charge is 0.271 e. The number of hydrazine groups is 1. The molecular weight excluding hydrogens is 304 g/mol. The van der Waals surface area contributed by atoms with Crippen molar-refractivity contribution in [1.29, 1.82) is 0 Å². The Morgan fingerprint density at radius 3 is 2.63 bits per heavy atom. The second kappa shape index (κ2) is 6.86. The third-order valence-corrected chi connectivity index (χ3v) is 5.16. The number of aryl methyl sites for hydroxylation is 1. The van der Waals surface area contributed by atoms with Crippen LogP contribution in [0.1, 0.15) is 57.7 Å². The van der Waals surface area contributed by atoms with E-state index < -0.39 is 0 Å². The van der Waals surface area contributed by atoms with Gasteiger partial charge in [0.15, 0.2) is 0 Å². The molecule has 0 saturated heterocycles. The fourth-order valence-corrected chi connectivity index (χ4v) is 3.84. The van der Waals surface area contributed by atoms with Crippen LogP contribution in [0.25, 0.3) is 0 Å². The minimum Gasteiger partial charge on any atom is -0.271 e. The molecule has 1 aromatic heterocycles. The summed E-state index contributed by atoms with van der Waals surface area (Å²) in [6.07, 6.45) is 8.36. The van der Waals surface area contributed by atoms with E-state index in [1.54, 1.807) is 0 Å². The second-order valence-corrected chi connectivity index (χ2v) is 6.38. The van der Waals surface area contributed by atoms with Crippen molar-refractivity contribution >= 4 is 15.9 Å². The molecule has 108 valence electrons. The summed E-state index contributed by atoms with van der Waals surface area (Å²) < 4.78 is 3.11. The molecule has 1 aliphatic carbocycles. The summed E-state index contributed by atoms with van der Waals surface area (Å²) in [6, 6.07) is 0.203. The standard InChI is InChI=1S/C14H25BrN4/c1-3-10-5-7-11(8-6-10)13(18-16)14-12(15)9-17-19(14)4-2/h9-11,13,18H,3-8,16H2,1-2H3. The maximum Gasteiger partial charge on any atom is 0.0711 e. The number of nitrogens with two attached hydrogens (primary N) is 1. The van der Waals surface area contributed by atoms with Crippen LogP contribution in [-0.2, 0) is 6.54 Å². The number of nitrogens with one attached hydrogen (secondary N) is 1. The minimum absolute atomic E-state index is 0.203. The van der Waals surface area contributed by atoms with E-state index in [9.17, 15) is 0 Å². The van der Waals surface area contributed by atoms with Crippen molar-refractivity contribution in [2.75, 3.05) is 0 Å². The molecule has 1 unspecified atom stereocenters. The van der Waals surface area contributed by atoms with Crippen LogP contribution in [0.2, 0.25) is 0 Å². The first-order valence-corrected chi connectivity index (χ1v) is 8.17. The van der Waals surface area contributed by atoms with E-state index >= 15 is 0 Å². The van der Waals surface area contributed by atoms with Gasteiger partial charge in [0.25, 0.3) is 0 Å². The van der Waals surface area contributed by atoms with Gasteiger partial charge < -0.3 is 0 Å². The highest BCUT2D eigenvalue weighted by molar-refractivity contribution is 9.10. The first kappa shape index (κ1) is 15.0. The lowest BCUT2D eigenvalue weighted by molar-refractivity contribution is 0.213. The third-order valence-electron chi connectivity index (χ3n) is 4.55. The highest BCUT2D eigenvalue weighted by Gasteiger charge is 2.30. The summed E-state index contributed by atoms with van der Waals surface area (Å²) >= 11 is 3.61. The van der Waals surface area contributed by atoms with E-state index in [4.69, 9.17) is 5.84 Å². The Balaban J connectivity index is 2.14. The van der Waals surface area contributed by atoms with Gasteiger partial charge in [-0.25, -0.2) is 0 Å². The molecule has 0 bridgehead atoms. The lowest BCUT2D eigenvalue weighted by atomic mass is 9.77. The lowest BCUT2D eigenvalue weighted by Gasteiger charge is -2.33. The number of nitrogens with zero attached hydrogens (tertiary/aromatic N) is 2. The Morgan fingerprint density at radius 1 is 1.42 bits per heavy atom. The van der Waals surface area contributed by atoms with Crippen molar-refractivity contribution in [2.45, 2.75) is 58.5 Å². The zero-order chi connectivity index (χ0) is 13.8. The molecule has 19 heavy (non-hydrogen) atoms. The highest BCUT2D eigenvalue weighted by Crippen LogP contribution is 2.39. The van der Waals surface area contributed by atoms with Gasteiger partial charge in [-0.1, -0.05) is 26.2 Å². The fourth-order valence-electron chi connectivity index (χ4n) is 3.30. The minimum atomic E-state index is 0.203. The van der Waals surface area contributed by atoms with Crippen molar-refractivity contribution in [1.82, 2.24) is 15.2 Å². The predicted octanol–water partition coefficient (Wildman–Crippen LogP) is 3.39. The summed E-state index contributed by atoms with van der Waals surface area (Å²) in [5, 5.41) is 4.40. The monoisotopic (exact) mass is 328 g/mol. The molecular formula is C14H25BrN4. The van der Waals surface area contributed by atoms with Gasteiger partial charge in [-0.3, -0.25) is 16.0 Å². The van der Waals surface area contributed by atoms with Crippen molar-refractivity contribution < 1.29 is 0 Å². The average molecular weight is 329 g/mol. The molecule has 1 fully saturated rings. The van der Waals surface area contributed by atoms with Gasteiger partial charge >= 0.3 is 0 Å². The van der Waals surface area contributed by atoms with Crippen LogP contribution in [-0.4, -0.2) is 9.78 Å². The molecule has 1 saturated carbocycles. The second-order valence-electron chi connectivity index (χ2n) is 5.53. The quantitative estimate of drug-likeness (QED) is 0.643.